The van der Waals surface area contributed by atoms with Crippen LogP contribution in [0.3, 0.4) is 0 Å². The number of halogens is 1. The van der Waals surface area contributed by atoms with Gasteiger partial charge in [-0.15, -0.1) is 11.3 Å². The summed E-state index contributed by atoms with van der Waals surface area (Å²) >= 11 is 4.95. The number of hydrogen-bond donors (Lipinski definition) is 1. The van der Waals surface area contributed by atoms with E-state index in [4.69, 9.17) is 0 Å². The van der Waals surface area contributed by atoms with E-state index in [0.29, 0.717) is 6.54 Å². The molecule has 0 saturated carbocycles. The zero-order valence-corrected chi connectivity index (χ0v) is 12.7. The van der Waals surface area contributed by atoms with Gasteiger partial charge >= 0.3 is 0 Å². The molecule has 2 heterocycles. The molecule has 2 rings (SSSR count). The van der Waals surface area contributed by atoms with E-state index < -0.39 is 0 Å². The van der Waals surface area contributed by atoms with E-state index in [1.165, 1.54) is 12.4 Å². The summed E-state index contributed by atoms with van der Waals surface area (Å²) in [5.74, 6) is -0.114. The first-order chi connectivity index (χ1) is 9.13. The van der Waals surface area contributed by atoms with Crippen LogP contribution in [-0.4, -0.2) is 26.7 Å². The highest BCUT2D eigenvalue weighted by atomic mass is 79.9. The van der Waals surface area contributed by atoms with Gasteiger partial charge in [-0.1, -0.05) is 0 Å². The second-order valence-corrected chi connectivity index (χ2v) is 5.89. The van der Waals surface area contributed by atoms with Crippen molar-refractivity contribution in [2.24, 2.45) is 0 Å². The van der Waals surface area contributed by atoms with Gasteiger partial charge in [0.15, 0.2) is 0 Å². The zero-order chi connectivity index (χ0) is 13.7. The predicted octanol–water partition coefficient (Wildman–Crippen LogP) is 2.32. The third-order valence-corrected chi connectivity index (χ3v) is 3.96. The summed E-state index contributed by atoms with van der Waals surface area (Å²) in [7, 11) is 0. The maximum absolute atomic E-state index is 11.7. The molecule has 1 unspecified atom stereocenters. The fourth-order valence-corrected chi connectivity index (χ4v) is 2.85. The molecule has 0 radical (unpaired) electrons. The fourth-order valence-electron chi connectivity index (χ4n) is 1.52. The highest BCUT2D eigenvalue weighted by molar-refractivity contribution is 9.10. The molecule has 0 aromatic carbocycles. The molecule has 0 aliphatic carbocycles. The second kappa shape index (κ2) is 6.63. The van der Waals surface area contributed by atoms with Gasteiger partial charge < -0.3 is 5.32 Å². The average Bonchev–Trinajstić information content (AvgIpc) is 2.98. The molecule has 100 valence electrons. The quantitative estimate of drug-likeness (QED) is 0.849. The Kier molecular flexibility index (Phi) is 4.86. The van der Waals surface area contributed by atoms with Crippen LogP contribution in [-0.2, 0) is 11.3 Å². The van der Waals surface area contributed by atoms with Crippen LogP contribution in [0.5, 0.6) is 0 Å². The number of nitrogens with zero attached hydrogens (tertiary/aromatic N) is 3. The van der Waals surface area contributed by atoms with E-state index in [-0.39, 0.29) is 11.9 Å². The Morgan fingerprint density at radius 1 is 1.68 bits per heavy atom. The maximum Gasteiger partial charge on any atom is 0.244 e. The first kappa shape index (κ1) is 14.0. The van der Waals surface area contributed by atoms with Crippen molar-refractivity contribution in [2.45, 2.75) is 19.5 Å². The molecule has 0 saturated heterocycles. The summed E-state index contributed by atoms with van der Waals surface area (Å²) in [6, 6.07) is 1.96. The number of thiophene rings is 1. The number of rotatable bonds is 5. The van der Waals surface area contributed by atoms with Gasteiger partial charge in [-0.25, -0.2) is 4.98 Å². The van der Waals surface area contributed by atoms with Crippen molar-refractivity contribution < 1.29 is 4.79 Å². The number of amides is 1. The normalized spacial score (nSPS) is 12.7. The van der Waals surface area contributed by atoms with Crippen LogP contribution in [0, 0.1) is 0 Å². The van der Waals surface area contributed by atoms with Crippen molar-refractivity contribution in [2.75, 3.05) is 0 Å². The number of aromatic nitrogens is 3. The lowest BCUT2D eigenvalue weighted by atomic mass is 10.3. The molecule has 7 heteroatoms. The predicted molar refractivity (Wildman–Crippen MR) is 78.7 cm³/mol. The van der Waals surface area contributed by atoms with Gasteiger partial charge in [0.05, 0.1) is 6.54 Å². The average molecular weight is 341 g/mol. The summed E-state index contributed by atoms with van der Waals surface area (Å²) in [5, 5.41) is 8.84. The molecule has 1 atom stereocenters. The van der Waals surface area contributed by atoms with E-state index in [1.807, 2.05) is 18.4 Å². The van der Waals surface area contributed by atoms with E-state index in [2.05, 4.69) is 31.3 Å². The molecular formula is C12H13BrN4OS. The Hall–Kier alpha value is -1.47. The lowest BCUT2D eigenvalue weighted by Gasteiger charge is -2.11. The van der Waals surface area contributed by atoms with Crippen LogP contribution in [0.15, 0.2) is 34.6 Å². The van der Waals surface area contributed by atoms with Crippen molar-refractivity contribution in [3.8, 4) is 0 Å². The van der Waals surface area contributed by atoms with Crippen molar-refractivity contribution >= 4 is 39.2 Å². The molecule has 1 amide bonds. The van der Waals surface area contributed by atoms with E-state index in [1.54, 1.807) is 28.4 Å². The third kappa shape index (κ3) is 4.60. The minimum Gasteiger partial charge on any atom is -0.348 e. The smallest absolute Gasteiger partial charge is 0.244 e. The highest BCUT2D eigenvalue weighted by Gasteiger charge is 2.05. The van der Waals surface area contributed by atoms with Crippen LogP contribution in [0.2, 0.25) is 0 Å². The van der Waals surface area contributed by atoms with E-state index in [9.17, 15) is 4.79 Å². The van der Waals surface area contributed by atoms with Gasteiger partial charge in [-0.05, 0) is 35.0 Å². The van der Waals surface area contributed by atoms with Crippen LogP contribution in [0.1, 0.15) is 11.8 Å². The van der Waals surface area contributed by atoms with Crippen molar-refractivity contribution in [1.29, 1.82) is 0 Å². The monoisotopic (exact) mass is 340 g/mol. The zero-order valence-electron chi connectivity index (χ0n) is 10.3. The van der Waals surface area contributed by atoms with Crippen molar-refractivity contribution in [3.63, 3.8) is 0 Å². The maximum atomic E-state index is 11.7. The molecule has 0 aliphatic rings. The molecule has 2 aromatic heterocycles. The fraction of sp³-hybridized carbons (Fsp3) is 0.250. The first-order valence-electron chi connectivity index (χ1n) is 5.68. The molecule has 1 N–H and O–H groups in total. The summed E-state index contributed by atoms with van der Waals surface area (Å²) in [6.07, 6.45) is 6.44. The number of carbonyl (C=O) groups excluding carboxylic acids is 1. The summed E-state index contributed by atoms with van der Waals surface area (Å²) in [6.45, 7) is 2.53. The number of nitrogens with one attached hydrogen (secondary N) is 1. The second-order valence-electron chi connectivity index (χ2n) is 4.03. The molecule has 5 nitrogen and oxygen atoms in total. The topological polar surface area (TPSA) is 59.8 Å². The molecule has 0 bridgehead atoms. The molecule has 0 spiro atoms. The SMILES string of the molecule is CC(Cn1cncn1)NC(=O)/C=C/c1cc(Br)cs1. The molecule has 0 fully saturated rings. The lowest BCUT2D eigenvalue weighted by molar-refractivity contribution is -0.117. The minimum atomic E-state index is -0.114. The van der Waals surface area contributed by atoms with Gasteiger partial charge in [-0.3, -0.25) is 9.48 Å². The van der Waals surface area contributed by atoms with E-state index in [0.717, 1.165) is 9.35 Å². The van der Waals surface area contributed by atoms with Gasteiger partial charge in [0.25, 0.3) is 0 Å². The summed E-state index contributed by atoms with van der Waals surface area (Å²) in [5.41, 5.74) is 0. The van der Waals surface area contributed by atoms with Crippen LogP contribution in [0.25, 0.3) is 6.08 Å². The Morgan fingerprint density at radius 3 is 3.16 bits per heavy atom. The van der Waals surface area contributed by atoms with Gasteiger partial charge in [0.1, 0.15) is 12.7 Å². The van der Waals surface area contributed by atoms with Crippen LogP contribution in [0.4, 0.5) is 0 Å². The molecular weight excluding hydrogens is 328 g/mol. The van der Waals surface area contributed by atoms with Gasteiger partial charge in [-0.2, -0.15) is 5.10 Å². The van der Waals surface area contributed by atoms with Gasteiger partial charge in [0.2, 0.25) is 5.91 Å². The third-order valence-electron chi connectivity index (χ3n) is 2.30. The Bertz CT molecular complexity index is 564. The Labute approximate surface area is 123 Å². The Balaban J connectivity index is 1.82. The molecule has 0 aliphatic heterocycles. The lowest BCUT2D eigenvalue weighted by Crippen LogP contribution is -2.34. The van der Waals surface area contributed by atoms with Crippen LogP contribution >= 0.6 is 27.3 Å². The molecule has 2 aromatic rings. The molecule has 19 heavy (non-hydrogen) atoms. The highest BCUT2D eigenvalue weighted by Crippen LogP contribution is 2.20. The summed E-state index contributed by atoms with van der Waals surface area (Å²) in [4.78, 5) is 16.6. The standard InChI is InChI=1S/C12H13BrN4OS/c1-9(5-17-8-14-7-15-17)16-12(18)3-2-11-4-10(13)6-19-11/h2-4,6-9H,5H2,1H3,(H,16,18)/b3-2+. The largest absolute Gasteiger partial charge is 0.348 e. The van der Waals surface area contributed by atoms with Crippen molar-refractivity contribution in [1.82, 2.24) is 20.1 Å². The van der Waals surface area contributed by atoms with Gasteiger partial charge in [0, 0.05) is 26.8 Å². The summed E-state index contributed by atoms with van der Waals surface area (Å²) < 4.78 is 2.71. The van der Waals surface area contributed by atoms with E-state index >= 15 is 0 Å². The number of hydrogen-bond acceptors (Lipinski definition) is 4. The minimum absolute atomic E-state index is 0.00563. The van der Waals surface area contributed by atoms with Crippen molar-refractivity contribution in [3.05, 3.63) is 39.5 Å². The first-order valence-corrected chi connectivity index (χ1v) is 7.36. The number of carbonyl (C=O) groups is 1. The Morgan fingerprint density at radius 2 is 2.53 bits per heavy atom. The van der Waals surface area contributed by atoms with Crippen LogP contribution < -0.4 is 5.32 Å².